The van der Waals surface area contributed by atoms with E-state index in [0.717, 1.165) is 17.9 Å². The summed E-state index contributed by atoms with van der Waals surface area (Å²) in [7, 11) is 0. The van der Waals surface area contributed by atoms with Gasteiger partial charge in [0.1, 0.15) is 0 Å². The van der Waals surface area contributed by atoms with Crippen LogP contribution in [-0.4, -0.2) is 12.6 Å². The van der Waals surface area contributed by atoms with E-state index in [9.17, 15) is 0 Å². The summed E-state index contributed by atoms with van der Waals surface area (Å²) in [4.78, 5) is 0. The van der Waals surface area contributed by atoms with Crippen LogP contribution in [0.5, 0.6) is 0 Å². The Kier molecular flexibility index (Phi) is 4.79. The van der Waals surface area contributed by atoms with Gasteiger partial charge in [-0.25, -0.2) is 0 Å². The van der Waals surface area contributed by atoms with Gasteiger partial charge in [0.15, 0.2) is 0 Å². The second kappa shape index (κ2) is 5.64. The van der Waals surface area contributed by atoms with Gasteiger partial charge in [-0.1, -0.05) is 40.0 Å². The Morgan fingerprint density at radius 2 is 2.00 bits per heavy atom. The van der Waals surface area contributed by atoms with Gasteiger partial charge in [0.2, 0.25) is 0 Å². The van der Waals surface area contributed by atoms with Gasteiger partial charge in [-0.05, 0) is 31.2 Å². The lowest BCUT2D eigenvalue weighted by molar-refractivity contribution is 0.234. The molecule has 1 saturated carbocycles. The molecular formula is C12H25N. The van der Waals surface area contributed by atoms with Crippen molar-refractivity contribution in [3.05, 3.63) is 0 Å². The first kappa shape index (κ1) is 11.0. The third kappa shape index (κ3) is 3.68. The molecule has 0 aromatic rings. The van der Waals surface area contributed by atoms with Crippen LogP contribution < -0.4 is 5.32 Å². The second-order valence-electron chi connectivity index (χ2n) is 4.84. The quantitative estimate of drug-likeness (QED) is 0.667. The lowest BCUT2D eigenvalue weighted by Crippen LogP contribution is -2.37. The summed E-state index contributed by atoms with van der Waals surface area (Å²) in [5.41, 5.74) is 0. The zero-order valence-electron chi connectivity index (χ0n) is 9.47. The van der Waals surface area contributed by atoms with Crippen LogP contribution in [0.1, 0.15) is 52.9 Å². The first-order valence-corrected chi connectivity index (χ1v) is 5.97. The third-order valence-corrected chi connectivity index (χ3v) is 3.27. The Labute approximate surface area is 83.3 Å². The van der Waals surface area contributed by atoms with E-state index >= 15 is 0 Å². The molecule has 1 unspecified atom stereocenters. The molecule has 1 heteroatoms. The van der Waals surface area contributed by atoms with E-state index in [-0.39, 0.29) is 0 Å². The fourth-order valence-corrected chi connectivity index (χ4v) is 2.01. The van der Waals surface area contributed by atoms with Crippen molar-refractivity contribution < 1.29 is 0 Å². The van der Waals surface area contributed by atoms with E-state index in [2.05, 4.69) is 26.1 Å². The number of nitrogens with one attached hydrogen (secondary N) is 1. The molecule has 0 heterocycles. The molecule has 13 heavy (non-hydrogen) atoms. The van der Waals surface area contributed by atoms with Crippen LogP contribution in [0.3, 0.4) is 0 Å². The summed E-state index contributed by atoms with van der Waals surface area (Å²) in [6, 6.07) is 0.769. The Hall–Kier alpha value is -0.0400. The third-order valence-electron chi connectivity index (χ3n) is 3.27. The molecule has 0 spiro atoms. The molecule has 0 amide bonds. The van der Waals surface area contributed by atoms with Gasteiger partial charge in [0, 0.05) is 6.04 Å². The SMILES string of the molecule is CCCNC(CC1CCC1)C(C)C. The van der Waals surface area contributed by atoms with Gasteiger partial charge >= 0.3 is 0 Å². The molecule has 0 aliphatic heterocycles. The predicted molar refractivity (Wildman–Crippen MR) is 58.9 cm³/mol. The highest BCUT2D eigenvalue weighted by molar-refractivity contribution is 4.79. The molecule has 78 valence electrons. The molecule has 1 rings (SSSR count). The summed E-state index contributed by atoms with van der Waals surface area (Å²) in [5, 5.41) is 3.67. The maximum absolute atomic E-state index is 3.67. The van der Waals surface area contributed by atoms with E-state index in [4.69, 9.17) is 0 Å². The molecule has 1 aliphatic carbocycles. The molecule has 0 radical (unpaired) electrons. The second-order valence-corrected chi connectivity index (χ2v) is 4.84. The molecule has 0 aromatic carbocycles. The first-order chi connectivity index (χ1) is 6.24. The number of hydrogen-bond acceptors (Lipinski definition) is 1. The smallest absolute Gasteiger partial charge is 0.00926 e. The van der Waals surface area contributed by atoms with Crippen molar-refractivity contribution in [1.29, 1.82) is 0 Å². The van der Waals surface area contributed by atoms with Crippen LogP contribution in [0.4, 0.5) is 0 Å². The summed E-state index contributed by atoms with van der Waals surface area (Å²) in [6.45, 7) is 8.11. The molecule has 1 fully saturated rings. The van der Waals surface area contributed by atoms with Gasteiger partial charge in [-0.2, -0.15) is 0 Å². The van der Waals surface area contributed by atoms with Crippen LogP contribution in [0, 0.1) is 11.8 Å². The van der Waals surface area contributed by atoms with E-state index in [1.807, 2.05) is 0 Å². The molecule has 0 bridgehead atoms. The van der Waals surface area contributed by atoms with Crippen LogP contribution in [0.15, 0.2) is 0 Å². The van der Waals surface area contributed by atoms with Crippen LogP contribution in [-0.2, 0) is 0 Å². The average molecular weight is 183 g/mol. The monoisotopic (exact) mass is 183 g/mol. The van der Waals surface area contributed by atoms with Gasteiger partial charge in [0.05, 0.1) is 0 Å². The summed E-state index contributed by atoms with van der Waals surface area (Å²) < 4.78 is 0. The molecule has 0 aromatic heterocycles. The summed E-state index contributed by atoms with van der Waals surface area (Å²) >= 11 is 0. The van der Waals surface area contributed by atoms with Crippen molar-refractivity contribution in [2.75, 3.05) is 6.54 Å². The summed E-state index contributed by atoms with van der Waals surface area (Å²) in [5.74, 6) is 1.84. The van der Waals surface area contributed by atoms with Crippen molar-refractivity contribution >= 4 is 0 Å². The molecule has 0 saturated heterocycles. The minimum atomic E-state index is 0.769. The highest BCUT2D eigenvalue weighted by atomic mass is 14.9. The highest BCUT2D eigenvalue weighted by Crippen LogP contribution is 2.31. The Morgan fingerprint density at radius 3 is 2.38 bits per heavy atom. The van der Waals surface area contributed by atoms with Crippen molar-refractivity contribution in [1.82, 2.24) is 5.32 Å². The maximum atomic E-state index is 3.67. The van der Waals surface area contributed by atoms with Crippen LogP contribution in [0.2, 0.25) is 0 Å². The van der Waals surface area contributed by atoms with E-state index < -0.39 is 0 Å². The van der Waals surface area contributed by atoms with E-state index in [1.165, 1.54) is 38.6 Å². The number of hydrogen-bond donors (Lipinski definition) is 1. The zero-order chi connectivity index (χ0) is 9.68. The van der Waals surface area contributed by atoms with Gasteiger partial charge in [0.25, 0.3) is 0 Å². The lowest BCUT2D eigenvalue weighted by atomic mass is 9.79. The lowest BCUT2D eigenvalue weighted by Gasteiger charge is -2.32. The molecule has 1 N–H and O–H groups in total. The Morgan fingerprint density at radius 1 is 1.31 bits per heavy atom. The van der Waals surface area contributed by atoms with Crippen molar-refractivity contribution in [2.45, 2.75) is 58.9 Å². The van der Waals surface area contributed by atoms with Crippen molar-refractivity contribution in [3.8, 4) is 0 Å². The van der Waals surface area contributed by atoms with Crippen LogP contribution >= 0.6 is 0 Å². The summed E-state index contributed by atoms with van der Waals surface area (Å²) in [6.07, 6.45) is 7.11. The molecule has 1 nitrogen and oxygen atoms in total. The van der Waals surface area contributed by atoms with Crippen molar-refractivity contribution in [3.63, 3.8) is 0 Å². The first-order valence-electron chi connectivity index (χ1n) is 5.97. The van der Waals surface area contributed by atoms with Gasteiger partial charge in [-0.3, -0.25) is 0 Å². The van der Waals surface area contributed by atoms with Crippen molar-refractivity contribution in [2.24, 2.45) is 11.8 Å². The van der Waals surface area contributed by atoms with E-state index in [0.29, 0.717) is 0 Å². The normalized spacial score (nSPS) is 20.3. The maximum Gasteiger partial charge on any atom is 0.00926 e. The zero-order valence-corrected chi connectivity index (χ0v) is 9.47. The van der Waals surface area contributed by atoms with Crippen LogP contribution in [0.25, 0.3) is 0 Å². The minimum absolute atomic E-state index is 0.769. The topological polar surface area (TPSA) is 12.0 Å². The fraction of sp³-hybridized carbons (Fsp3) is 1.00. The number of rotatable bonds is 6. The van der Waals surface area contributed by atoms with Gasteiger partial charge in [-0.15, -0.1) is 0 Å². The van der Waals surface area contributed by atoms with E-state index in [1.54, 1.807) is 0 Å². The predicted octanol–water partition coefficient (Wildman–Crippen LogP) is 3.20. The largest absolute Gasteiger partial charge is 0.314 e. The minimum Gasteiger partial charge on any atom is -0.314 e. The molecule has 1 atom stereocenters. The standard InChI is InChI=1S/C12H25N/c1-4-8-13-12(10(2)3)9-11-6-5-7-11/h10-13H,4-9H2,1-3H3. The molecule has 1 aliphatic rings. The Balaban J connectivity index is 2.19. The fourth-order valence-electron chi connectivity index (χ4n) is 2.01. The Bertz CT molecular complexity index is 127. The van der Waals surface area contributed by atoms with Gasteiger partial charge < -0.3 is 5.32 Å². The average Bonchev–Trinajstić information content (AvgIpc) is 2.01. The highest BCUT2D eigenvalue weighted by Gasteiger charge is 2.23. The molecular weight excluding hydrogens is 158 g/mol.